The maximum Gasteiger partial charge on any atom is 0.254 e. The molecule has 1 saturated carbocycles. The van der Waals surface area contributed by atoms with Crippen molar-refractivity contribution >= 4 is 5.91 Å². The van der Waals surface area contributed by atoms with E-state index in [-0.39, 0.29) is 5.91 Å². The Bertz CT molecular complexity index is 842. The summed E-state index contributed by atoms with van der Waals surface area (Å²) in [6.45, 7) is 2.09. The first-order valence-electron chi connectivity index (χ1n) is 10.9. The van der Waals surface area contributed by atoms with Crippen LogP contribution < -0.4 is 14.2 Å². The molecular formula is C25H31NO4. The number of benzene rings is 2. The normalized spacial score (nSPS) is 20.9. The number of carbonyl (C=O) groups excluding carboxylic acids is 1. The first-order chi connectivity index (χ1) is 14.7. The lowest BCUT2D eigenvalue weighted by Gasteiger charge is -2.41. The number of methoxy groups -OCH3 is 2. The highest BCUT2D eigenvalue weighted by atomic mass is 16.5. The van der Waals surface area contributed by atoms with Crippen LogP contribution in [0.5, 0.6) is 17.2 Å². The summed E-state index contributed by atoms with van der Waals surface area (Å²) in [5.41, 5.74) is 1.64. The van der Waals surface area contributed by atoms with Crippen molar-refractivity contribution in [2.75, 3.05) is 27.3 Å². The predicted octanol–water partition coefficient (Wildman–Crippen LogP) is 4.94. The van der Waals surface area contributed by atoms with Crippen LogP contribution in [0.25, 0.3) is 0 Å². The van der Waals surface area contributed by atoms with Crippen LogP contribution in [0.4, 0.5) is 0 Å². The second-order valence-corrected chi connectivity index (χ2v) is 8.33. The summed E-state index contributed by atoms with van der Waals surface area (Å²) in [6, 6.07) is 13.5. The fraction of sp³-hybridized carbons (Fsp3) is 0.480. The molecule has 0 unspecified atom stereocenters. The van der Waals surface area contributed by atoms with E-state index in [0.29, 0.717) is 35.3 Å². The highest BCUT2D eigenvalue weighted by molar-refractivity contribution is 5.95. The van der Waals surface area contributed by atoms with E-state index in [1.54, 1.807) is 26.4 Å². The molecule has 1 aliphatic carbocycles. The smallest absolute Gasteiger partial charge is 0.254 e. The van der Waals surface area contributed by atoms with Crippen LogP contribution in [-0.4, -0.2) is 38.1 Å². The fourth-order valence-electron chi connectivity index (χ4n) is 4.84. The van der Waals surface area contributed by atoms with Crippen molar-refractivity contribution in [1.29, 1.82) is 0 Å². The van der Waals surface area contributed by atoms with Crippen molar-refractivity contribution < 1.29 is 19.0 Å². The molecule has 2 atom stereocenters. The van der Waals surface area contributed by atoms with Gasteiger partial charge in [-0.05, 0) is 42.4 Å². The molecule has 2 aromatic carbocycles. The molecule has 0 aromatic heterocycles. The fourth-order valence-corrected chi connectivity index (χ4v) is 4.84. The number of hydrogen-bond donors (Lipinski definition) is 0. The molecule has 2 aromatic rings. The van der Waals surface area contributed by atoms with Gasteiger partial charge >= 0.3 is 0 Å². The molecule has 5 nitrogen and oxygen atoms in total. The van der Waals surface area contributed by atoms with E-state index in [0.717, 1.165) is 31.0 Å². The number of carbonyl (C=O) groups is 1. The minimum absolute atomic E-state index is 0.0465. The molecule has 0 bridgehead atoms. The Hall–Kier alpha value is -2.69. The summed E-state index contributed by atoms with van der Waals surface area (Å²) in [5, 5.41) is 0. The van der Waals surface area contributed by atoms with Crippen LogP contribution in [0.1, 0.15) is 48.0 Å². The molecular weight excluding hydrogens is 378 g/mol. The Morgan fingerprint density at radius 1 is 0.967 bits per heavy atom. The van der Waals surface area contributed by atoms with E-state index in [4.69, 9.17) is 14.2 Å². The van der Waals surface area contributed by atoms with Crippen molar-refractivity contribution in [2.24, 2.45) is 11.8 Å². The number of nitrogens with zero attached hydrogens (tertiary/aromatic N) is 1. The van der Waals surface area contributed by atoms with Crippen molar-refractivity contribution in [2.45, 2.75) is 38.7 Å². The number of piperidine rings is 1. The summed E-state index contributed by atoms with van der Waals surface area (Å²) in [5.74, 6) is 3.04. The van der Waals surface area contributed by atoms with Gasteiger partial charge in [-0.3, -0.25) is 4.79 Å². The number of ether oxygens (including phenoxy) is 3. The van der Waals surface area contributed by atoms with E-state index in [1.807, 2.05) is 35.2 Å². The lowest BCUT2D eigenvalue weighted by molar-refractivity contribution is 0.0520. The van der Waals surface area contributed by atoms with Crippen molar-refractivity contribution in [3.63, 3.8) is 0 Å². The number of rotatable bonds is 6. The molecule has 1 saturated heterocycles. The molecule has 1 aliphatic heterocycles. The van der Waals surface area contributed by atoms with Crippen LogP contribution in [0, 0.1) is 11.8 Å². The van der Waals surface area contributed by atoms with Crippen LogP contribution in [0.3, 0.4) is 0 Å². The Morgan fingerprint density at radius 3 is 2.30 bits per heavy atom. The van der Waals surface area contributed by atoms with Gasteiger partial charge < -0.3 is 19.1 Å². The maximum absolute atomic E-state index is 13.3. The first kappa shape index (κ1) is 20.6. The zero-order valence-corrected chi connectivity index (χ0v) is 17.9. The molecule has 0 N–H and O–H groups in total. The molecule has 160 valence electrons. The monoisotopic (exact) mass is 409 g/mol. The molecule has 1 amide bonds. The van der Waals surface area contributed by atoms with E-state index in [2.05, 4.69) is 0 Å². The predicted molar refractivity (Wildman–Crippen MR) is 116 cm³/mol. The lowest BCUT2D eigenvalue weighted by atomic mass is 9.75. The van der Waals surface area contributed by atoms with E-state index in [9.17, 15) is 4.79 Å². The molecule has 30 heavy (non-hydrogen) atoms. The zero-order chi connectivity index (χ0) is 20.9. The molecule has 0 radical (unpaired) electrons. The summed E-state index contributed by atoms with van der Waals surface area (Å²) < 4.78 is 17.1. The highest BCUT2D eigenvalue weighted by Gasteiger charge is 2.33. The Kier molecular flexibility index (Phi) is 6.46. The number of amides is 1. The molecule has 5 heteroatoms. The second kappa shape index (κ2) is 9.41. The van der Waals surface area contributed by atoms with E-state index in [1.165, 1.54) is 25.7 Å². The number of hydrogen-bond acceptors (Lipinski definition) is 4. The van der Waals surface area contributed by atoms with Gasteiger partial charge in [-0.2, -0.15) is 0 Å². The standard InChI is InChI=1S/C25H31NO4/c1-28-22-14-21(25(27)26-13-12-19-10-6-7-11-20(19)16-26)15-23(29-2)24(22)30-17-18-8-4-3-5-9-18/h3-5,8-9,14-15,19-20H,6-7,10-13,16-17H2,1-2H3/t19-,20+/m1/s1. The van der Waals surface area contributed by atoms with Gasteiger partial charge in [-0.1, -0.05) is 49.6 Å². The number of likely N-dealkylation sites (tertiary alicyclic amines) is 1. The largest absolute Gasteiger partial charge is 0.493 e. The topological polar surface area (TPSA) is 48.0 Å². The van der Waals surface area contributed by atoms with Gasteiger partial charge in [0.25, 0.3) is 5.91 Å². The van der Waals surface area contributed by atoms with Gasteiger partial charge in [0.05, 0.1) is 14.2 Å². The molecule has 0 spiro atoms. The lowest BCUT2D eigenvalue weighted by Crippen LogP contribution is -2.44. The van der Waals surface area contributed by atoms with Crippen molar-refractivity contribution in [1.82, 2.24) is 4.90 Å². The van der Waals surface area contributed by atoms with Gasteiger partial charge in [-0.15, -0.1) is 0 Å². The Balaban J connectivity index is 1.52. The Morgan fingerprint density at radius 2 is 1.63 bits per heavy atom. The Labute approximate surface area is 178 Å². The average molecular weight is 410 g/mol. The first-order valence-corrected chi connectivity index (χ1v) is 10.9. The zero-order valence-electron chi connectivity index (χ0n) is 17.9. The third-order valence-electron chi connectivity index (χ3n) is 6.51. The van der Waals surface area contributed by atoms with Crippen LogP contribution >= 0.6 is 0 Å². The van der Waals surface area contributed by atoms with Crippen molar-refractivity contribution in [3.8, 4) is 17.2 Å². The van der Waals surface area contributed by atoms with Gasteiger partial charge in [-0.25, -0.2) is 0 Å². The van der Waals surface area contributed by atoms with Crippen LogP contribution in [-0.2, 0) is 6.61 Å². The minimum Gasteiger partial charge on any atom is -0.493 e. The van der Waals surface area contributed by atoms with Gasteiger partial charge in [0.2, 0.25) is 5.75 Å². The molecule has 2 fully saturated rings. The average Bonchev–Trinajstić information content (AvgIpc) is 2.82. The SMILES string of the molecule is COc1cc(C(=O)N2CC[C@H]3CCCC[C@H]3C2)cc(OC)c1OCc1ccccc1. The number of fused-ring (bicyclic) bond motifs is 1. The summed E-state index contributed by atoms with van der Waals surface area (Å²) in [6.07, 6.45) is 6.31. The van der Waals surface area contributed by atoms with Crippen LogP contribution in [0.15, 0.2) is 42.5 Å². The van der Waals surface area contributed by atoms with E-state index >= 15 is 0 Å². The van der Waals surface area contributed by atoms with E-state index < -0.39 is 0 Å². The second-order valence-electron chi connectivity index (χ2n) is 8.33. The summed E-state index contributed by atoms with van der Waals surface area (Å²) in [4.78, 5) is 15.3. The van der Waals surface area contributed by atoms with Gasteiger partial charge in [0, 0.05) is 18.7 Å². The third kappa shape index (κ3) is 4.40. The molecule has 1 heterocycles. The van der Waals surface area contributed by atoms with Gasteiger partial charge in [0.15, 0.2) is 11.5 Å². The van der Waals surface area contributed by atoms with Crippen molar-refractivity contribution in [3.05, 3.63) is 53.6 Å². The summed E-state index contributed by atoms with van der Waals surface area (Å²) in [7, 11) is 3.18. The third-order valence-corrected chi connectivity index (χ3v) is 6.51. The quantitative estimate of drug-likeness (QED) is 0.678. The van der Waals surface area contributed by atoms with Crippen LogP contribution in [0.2, 0.25) is 0 Å². The maximum atomic E-state index is 13.3. The molecule has 2 aliphatic rings. The molecule has 4 rings (SSSR count). The van der Waals surface area contributed by atoms with Gasteiger partial charge in [0.1, 0.15) is 6.61 Å². The summed E-state index contributed by atoms with van der Waals surface area (Å²) >= 11 is 0. The minimum atomic E-state index is 0.0465. The highest BCUT2D eigenvalue weighted by Crippen LogP contribution is 2.40.